The van der Waals surface area contributed by atoms with Crippen LogP contribution in [0.5, 0.6) is 0 Å². The van der Waals surface area contributed by atoms with Crippen LogP contribution in [-0.4, -0.2) is 25.0 Å². The second-order valence-corrected chi connectivity index (χ2v) is 4.63. The molecule has 2 rings (SSSR count). The summed E-state index contributed by atoms with van der Waals surface area (Å²) < 4.78 is 37.6. The number of rotatable bonds is 3. The van der Waals surface area contributed by atoms with Gasteiger partial charge in [0, 0.05) is 12.6 Å². The zero-order valence-electron chi connectivity index (χ0n) is 10.7. The Morgan fingerprint density at radius 3 is 2.75 bits per heavy atom. The van der Waals surface area contributed by atoms with Gasteiger partial charge in [0.05, 0.1) is 12.0 Å². The van der Waals surface area contributed by atoms with Crippen molar-refractivity contribution in [1.82, 2.24) is 10.6 Å². The third kappa shape index (κ3) is 4.68. The summed E-state index contributed by atoms with van der Waals surface area (Å²) in [6.07, 6.45) is -3.55. The van der Waals surface area contributed by atoms with Crippen LogP contribution in [0.4, 0.5) is 13.2 Å². The molecule has 0 bridgehead atoms. The van der Waals surface area contributed by atoms with E-state index >= 15 is 0 Å². The SMILES string of the molecule is Cl.O=C(Cc1cccc(C(F)(F)F)c1)NC1CCNC1. The van der Waals surface area contributed by atoms with Gasteiger partial charge in [-0.1, -0.05) is 18.2 Å². The molecule has 1 aliphatic heterocycles. The maximum atomic E-state index is 12.5. The second-order valence-electron chi connectivity index (χ2n) is 4.63. The minimum Gasteiger partial charge on any atom is -0.352 e. The molecule has 0 radical (unpaired) electrons. The molecular weight excluding hydrogens is 293 g/mol. The summed E-state index contributed by atoms with van der Waals surface area (Å²) in [7, 11) is 0. The summed E-state index contributed by atoms with van der Waals surface area (Å²) in [6.45, 7) is 1.57. The average molecular weight is 309 g/mol. The zero-order chi connectivity index (χ0) is 13.9. The van der Waals surface area contributed by atoms with Crippen molar-refractivity contribution in [3.63, 3.8) is 0 Å². The van der Waals surface area contributed by atoms with Crippen LogP contribution in [0.2, 0.25) is 0 Å². The highest BCUT2D eigenvalue weighted by atomic mass is 35.5. The third-order valence-corrected chi connectivity index (χ3v) is 3.04. The largest absolute Gasteiger partial charge is 0.416 e. The quantitative estimate of drug-likeness (QED) is 0.898. The molecule has 0 aromatic heterocycles. The average Bonchev–Trinajstić information content (AvgIpc) is 2.80. The molecular formula is C13H16ClF3N2O. The summed E-state index contributed by atoms with van der Waals surface area (Å²) >= 11 is 0. The number of alkyl halides is 3. The molecule has 20 heavy (non-hydrogen) atoms. The lowest BCUT2D eigenvalue weighted by Crippen LogP contribution is -2.37. The minimum atomic E-state index is -4.37. The van der Waals surface area contributed by atoms with Crippen LogP contribution >= 0.6 is 12.4 Å². The number of carbonyl (C=O) groups is 1. The van der Waals surface area contributed by atoms with E-state index in [-0.39, 0.29) is 30.8 Å². The molecule has 1 heterocycles. The molecule has 1 saturated heterocycles. The van der Waals surface area contributed by atoms with Gasteiger partial charge in [0.25, 0.3) is 0 Å². The first-order valence-corrected chi connectivity index (χ1v) is 6.11. The van der Waals surface area contributed by atoms with Crippen LogP contribution in [0.1, 0.15) is 17.5 Å². The molecule has 0 aliphatic carbocycles. The number of hydrogen-bond acceptors (Lipinski definition) is 2. The van der Waals surface area contributed by atoms with Crippen LogP contribution in [0.3, 0.4) is 0 Å². The standard InChI is InChI=1S/C13H15F3N2O.ClH/c14-13(15,16)10-3-1-2-9(6-10)7-12(19)18-11-4-5-17-8-11;/h1-3,6,11,17H,4-5,7-8H2,(H,18,19);1H. The summed E-state index contributed by atoms with van der Waals surface area (Å²) in [6, 6.07) is 4.96. The van der Waals surface area contributed by atoms with Gasteiger partial charge in [-0.05, 0) is 24.6 Å². The Kier molecular flexibility index (Phi) is 5.83. The van der Waals surface area contributed by atoms with Gasteiger partial charge in [0.2, 0.25) is 5.91 Å². The Morgan fingerprint density at radius 1 is 1.40 bits per heavy atom. The van der Waals surface area contributed by atoms with Crippen molar-refractivity contribution < 1.29 is 18.0 Å². The van der Waals surface area contributed by atoms with Gasteiger partial charge < -0.3 is 10.6 Å². The van der Waals surface area contributed by atoms with E-state index in [9.17, 15) is 18.0 Å². The molecule has 1 aromatic rings. The van der Waals surface area contributed by atoms with E-state index < -0.39 is 11.7 Å². The molecule has 3 nitrogen and oxygen atoms in total. The number of hydrogen-bond donors (Lipinski definition) is 2. The Labute approximate surface area is 121 Å². The fourth-order valence-electron chi connectivity index (χ4n) is 2.10. The van der Waals surface area contributed by atoms with Crippen molar-refractivity contribution in [3.8, 4) is 0 Å². The normalized spacial score (nSPS) is 18.4. The predicted molar refractivity (Wildman–Crippen MR) is 71.8 cm³/mol. The lowest BCUT2D eigenvalue weighted by atomic mass is 10.1. The highest BCUT2D eigenvalue weighted by Gasteiger charge is 2.30. The van der Waals surface area contributed by atoms with Gasteiger partial charge >= 0.3 is 6.18 Å². The van der Waals surface area contributed by atoms with E-state index in [1.165, 1.54) is 12.1 Å². The first kappa shape index (κ1) is 16.8. The van der Waals surface area contributed by atoms with Crippen LogP contribution in [0.15, 0.2) is 24.3 Å². The number of halogens is 4. The molecule has 0 spiro atoms. The molecule has 0 saturated carbocycles. The summed E-state index contributed by atoms with van der Waals surface area (Å²) in [5.41, 5.74) is -0.349. The van der Waals surface area contributed by atoms with E-state index in [4.69, 9.17) is 0 Å². The first-order chi connectivity index (χ1) is 8.95. The monoisotopic (exact) mass is 308 g/mol. The smallest absolute Gasteiger partial charge is 0.352 e. The molecule has 2 N–H and O–H groups in total. The molecule has 1 fully saturated rings. The topological polar surface area (TPSA) is 41.1 Å². The van der Waals surface area contributed by atoms with Crippen molar-refractivity contribution in [2.24, 2.45) is 0 Å². The predicted octanol–water partition coefficient (Wildman–Crippen LogP) is 2.15. The van der Waals surface area contributed by atoms with E-state index in [2.05, 4.69) is 10.6 Å². The lowest BCUT2D eigenvalue weighted by Gasteiger charge is -2.12. The van der Waals surface area contributed by atoms with E-state index in [1.807, 2.05) is 0 Å². The van der Waals surface area contributed by atoms with Crippen LogP contribution in [-0.2, 0) is 17.4 Å². The zero-order valence-corrected chi connectivity index (χ0v) is 11.5. The number of nitrogens with one attached hydrogen (secondary N) is 2. The van der Waals surface area contributed by atoms with Crippen molar-refractivity contribution in [3.05, 3.63) is 35.4 Å². The molecule has 1 aliphatic rings. The van der Waals surface area contributed by atoms with Gasteiger partial charge in [-0.25, -0.2) is 0 Å². The second kappa shape index (κ2) is 6.95. The van der Waals surface area contributed by atoms with Crippen molar-refractivity contribution >= 4 is 18.3 Å². The molecule has 7 heteroatoms. The Morgan fingerprint density at radius 2 is 2.15 bits per heavy atom. The number of carbonyl (C=O) groups excluding carboxylic acids is 1. The fraction of sp³-hybridized carbons (Fsp3) is 0.462. The van der Waals surface area contributed by atoms with E-state index in [1.54, 1.807) is 0 Å². The number of amides is 1. The van der Waals surface area contributed by atoms with Gasteiger partial charge in [-0.15, -0.1) is 12.4 Å². The van der Waals surface area contributed by atoms with Crippen molar-refractivity contribution in [1.29, 1.82) is 0 Å². The van der Waals surface area contributed by atoms with Crippen LogP contribution < -0.4 is 10.6 Å². The maximum Gasteiger partial charge on any atom is 0.416 e. The highest BCUT2D eigenvalue weighted by molar-refractivity contribution is 5.85. The summed E-state index contributed by atoms with van der Waals surface area (Å²) in [5, 5.41) is 5.91. The Hall–Kier alpha value is -1.27. The Bertz CT molecular complexity index is 459. The highest BCUT2D eigenvalue weighted by Crippen LogP contribution is 2.29. The maximum absolute atomic E-state index is 12.5. The molecule has 1 atom stereocenters. The van der Waals surface area contributed by atoms with Crippen molar-refractivity contribution in [2.45, 2.75) is 25.1 Å². The summed E-state index contributed by atoms with van der Waals surface area (Å²) in [4.78, 5) is 11.7. The van der Waals surface area contributed by atoms with Gasteiger partial charge in [0.15, 0.2) is 0 Å². The van der Waals surface area contributed by atoms with Crippen molar-refractivity contribution in [2.75, 3.05) is 13.1 Å². The van der Waals surface area contributed by atoms with E-state index in [0.717, 1.165) is 25.1 Å². The van der Waals surface area contributed by atoms with E-state index in [0.29, 0.717) is 12.1 Å². The van der Waals surface area contributed by atoms with Gasteiger partial charge in [-0.3, -0.25) is 4.79 Å². The van der Waals surface area contributed by atoms with Crippen LogP contribution in [0, 0.1) is 0 Å². The van der Waals surface area contributed by atoms with Gasteiger partial charge in [-0.2, -0.15) is 13.2 Å². The molecule has 1 unspecified atom stereocenters. The molecule has 1 amide bonds. The number of benzene rings is 1. The Balaban J connectivity index is 0.00000200. The van der Waals surface area contributed by atoms with Crippen LogP contribution in [0.25, 0.3) is 0 Å². The first-order valence-electron chi connectivity index (χ1n) is 6.11. The van der Waals surface area contributed by atoms with Gasteiger partial charge in [0.1, 0.15) is 0 Å². The minimum absolute atomic E-state index is 0. The molecule has 112 valence electrons. The lowest BCUT2D eigenvalue weighted by molar-refractivity contribution is -0.137. The third-order valence-electron chi connectivity index (χ3n) is 3.04. The fourth-order valence-corrected chi connectivity index (χ4v) is 2.10. The summed E-state index contributed by atoms with van der Waals surface area (Å²) in [5.74, 6) is -0.243. The molecule has 1 aromatic carbocycles.